The Labute approximate surface area is 207 Å². The number of tetrazole rings is 1. The lowest BCUT2D eigenvalue weighted by molar-refractivity contribution is -0.123. The molecular formula is C24H25ClN6O4. The van der Waals surface area contributed by atoms with Crippen molar-refractivity contribution >= 4 is 29.1 Å². The van der Waals surface area contributed by atoms with E-state index < -0.39 is 6.04 Å². The SMILES string of the molecule is COc1ccc(-c2nnn(C3CCN(C4CC(=O)N(c5ccccc5Cl)C4=O)CC3)n2)cc1OC. The summed E-state index contributed by atoms with van der Waals surface area (Å²) in [5.41, 5.74) is 1.22. The van der Waals surface area contributed by atoms with E-state index in [-0.39, 0.29) is 24.3 Å². The first-order valence-corrected chi connectivity index (χ1v) is 11.7. The summed E-state index contributed by atoms with van der Waals surface area (Å²) in [7, 11) is 3.16. The quantitative estimate of drug-likeness (QED) is 0.480. The summed E-state index contributed by atoms with van der Waals surface area (Å²) in [5, 5.41) is 13.4. The summed E-state index contributed by atoms with van der Waals surface area (Å²) in [6.07, 6.45) is 1.64. The maximum atomic E-state index is 13.1. The number of piperidine rings is 1. The molecule has 2 aliphatic rings. The van der Waals surface area contributed by atoms with Gasteiger partial charge in [-0.05, 0) is 48.4 Å². The third-order valence-electron chi connectivity index (χ3n) is 6.55. The van der Waals surface area contributed by atoms with Gasteiger partial charge < -0.3 is 9.47 Å². The molecule has 0 bridgehead atoms. The Bertz CT molecular complexity index is 1260. The molecule has 3 aromatic rings. The van der Waals surface area contributed by atoms with Crippen LogP contribution in [0.2, 0.25) is 5.02 Å². The van der Waals surface area contributed by atoms with Crippen molar-refractivity contribution in [1.82, 2.24) is 25.1 Å². The highest BCUT2D eigenvalue weighted by atomic mass is 35.5. The lowest BCUT2D eigenvalue weighted by Gasteiger charge is -2.34. The third-order valence-corrected chi connectivity index (χ3v) is 6.87. The maximum Gasteiger partial charge on any atom is 0.251 e. The van der Waals surface area contributed by atoms with E-state index in [0.29, 0.717) is 41.1 Å². The molecule has 182 valence electrons. The topological polar surface area (TPSA) is 103 Å². The van der Waals surface area contributed by atoms with Crippen LogP contribution in [0.4, 0.5) is 5.69 Å². The largest absolute Gasteiger partial charge is 0.493 e. The average molecular weight is 497 g/mol. The van der Waals surface area contributed by atoms with Crippen LogP contribution in [0.15, 0.2) is 42.5 Å². The second-order valence-corrected chi connectivity index (χ2v) is 8.92. The summed E-state index contributed by atoms with van der Waals surface area (Å²) >= 11 is 6.24. The van der Waals surface area contributed by atoms with E-state index in [1.165, 1.54) is 4.90 Å². The Morgan fingerprint density at radius 2 is 1.74 bits per heavy atom. The molecule has 1 aromatic heterocycles. The summed E-state index contributed by atoms with van der Waals surface area (Å²) in [6, 6.07) is 12.0. The fraction of sp³-hybridized carbons (Fsp3) is 0.375. The highest BCUT2D eigenvalue weighted by Crippen LogP contribution is 2.34. The van der Waals surface area contributed by atoms with Crippen molar-refractivity contribution in [2.24, 2.45) is 0 Å². The number of methoxy groups -OCH3 is 2. The zero-order valence-corrected chi connectivity index (χ0v) is 20.2. The van der Waals surface area contributed by atoms with E-state index in [0.717, 1.165) is 18.4 Å². The molecule has 0 saturated carbocycles. The molecule has 10 nitrogen and oxygen atoms in total. The molecule has 2 fully saturated rings. The highest BCUT2D eigenvalue weighted by molar-refractivity contribution is 6.36. The summed E-state index contributed by atoms with van der Waals surface area (Å²) in [6.45, 7) is 1.30. The number of halogens is 1. The zero-order chi connectivity index (χ0) is 24.5. The minimum absolute atomic E-state index is 0.0551. The summed E-state index contributed by atoms with van der Waals surface area (Å²) in [5.74, 6) is 1.27. The van der Waals surface area contributed by atoms with Crippen LogP contribution in [0, 0.1) is 0 Å². The average Bonchev–Trinajstić information content (AvgIpc) is 3.49. The number of rotatable bonds is 6. The molecule has 11 heteroatoms. The van der Waals surface area contributed by atoms with Crippen molar-refractivity contribution < 1.29 is 19.1 Å². The lowest BCUT2D eigenvalue weighted by Crippen LogP contribution is -2.46. The predicted octanol–water partition coefficient (Wildman–Crippen LogP) is 2.98. The monoisotopic (exact) mass is 496 g/mol. The number of hydrogen-bond acceptors (Lipinski definition) is 8. The number of hydrogen-bond donors (Lipinski definition) is 0. The number of carbonyl (C=O) groups is 2. The molecule has 35 heavy (non-hydrogen) atoms. The van der Waals surface area contributed by atoms with Gasteiger partial charge in [-0.2, -0.15) is 4.80 Å². The van der Waals surface area contributed by atoms with Crippen LogP contribution in [0.3, 0.4) is 0 Å². The van der Waals surface area contributed by atoms with Crippen LogP contribution < -0.4 is 14.4 Å². The minimum atomic E-state index is -0.481. The molecule has 5 rings (SSSR count). The Morgan fingerprint density at radius 1 is 1.00 bits per heavy atom. The fourth-order valence-corrected chi connectivity index (χ4v) is 4.91. The van der Waals surface area contributed by atoms with Gasteiger partial charge in [0.05, 0.1) is 43.4 Å². The van der Waals surface area contributed by atoms with Crippen molar-refractivity contribution in [3.05, 3.63) is 47.5 Å². The first-order valence-electron chi connectivity index (χ1n) is 11.4. The maximum absolute atomic E-state index is 13.1. The molecule has 0 aliphatic carbocycles. The first kappa shape index (κ1) is 23.3. The molecule has 3 heterocycles. The molecule has 0 spiro atoms. The molecule has 1 atom stereocenters. The number of benzene rings is 2. The van der Waals surface area contributed by atoms with E-state index >= 15 is 0 Å². The Kier molecular flexibility index (Phi) is 6.40. The van der Waals surface area contributed by atoms with Gasteiger partial charge in [-0.3, -0.25) is 14.5 Å². The number of nitrogens with zero attached hydrogens (tertiary/aromatic N) is 6. The number of carbonyl (C=O) groups excluding carboxylic acids is 2. The van der Waals surface area contributed by atoms with Crippen LogP contribution in [-0.2, 0) is 9.59 Å². The van der Waals surface area contributed by atoms with Gasteiger partial charge in [0.1, 0.15) is 0 Å². The first-order chi connectivity index (χ1) is 17.0. The summed E-state index contributed by atoms with van der Waals surface area (Å²) < 4.78 is 10.7. The van der Waals surface area contributed by atoms with Gasteiger partial charge in [-0.15, -0.1) is 10.2 Å². The van der Waals surface area contributed by atoms with E-state index in [9.17, 15) is 9.59 Å². The van der Waals surface area contributed by atoms with E-state index in [2.05, 4.69) is 20.3 Å². The molecule has 2 saturated heterocycles. The number of imide groups is 1. The standard InChI is InChI=1S/C24H25ClN6O4/c1-34-20-8-7-15(13-21(20)35-2)23-26-28-31(27-23)16-9-11-29(12-10-16)19-14-22(32)30(24(19)33)18-6-4-3-5-17(18)25/h3-8,13,16,19H,9-12,14H2,1-2H3. The predicted molar refractivity (Wildman–Crippen MR) is 129 cm³/mol. The molecule has 2 aromatic carbocycles. The second kappa shape index (κ2) is 9.63. The van der Waals surface area contributed by atoms with Crippen LogP contribution in [0.5, 0.6) is 11.5 Å². The van der Waals surface area contributed by atoms with Gasteiger partial charge in [-0.25, -0.2) is 4.90 Å². The second-order valence-electron chi connectivity index (χ2n) is 8.51. The smallest absolute Gasteiger partial charge is 0.251 e. The van der Waals surface area contributed by atoms with Gasteiger partial charge in [0.2, 0.25) is 11.7 Å². The van der Waals surface area contributed by atoms with Crippen LogP contribution in [0.25, 0.3) is 11.4 Å². The molecule has 0 N–H and O–H groups in total. The zero-order valence-electron chi connectivity index (χ0n) is 19.4. The van der Waals surface area contributed by atoms with Crippen molar-refractivity contribution in [2.75, 3.05) is 32.2 Å². The summed E-state index contributed by atoms with van der Waals surface area (Å²) in [4.78, 5) is 30.7. The van der Waals surface area contributed by atoms with E-state index in [1.54, 1.807) is 49.3 Å². The van der Waals surface area contributed by atoms with Gasteiger partial charge in [0.25, 0.3) is 5.91 Å². The molecule has 2 aliphatic heterocycles. The van der Waals surface area contributed by atoms with E-state index in [4.69, 9.17) is 21.1 Å². The Morgan fingerprint density at radius 3 is 2.46 bits per heavy atom. The third kappa shape index (κ3) is 4.35. The van der Waals surface area contributed by atoms with Gasteiger partial charge >= 0.3 is 0 Å². The number of ether oxygens (including phenoxy) is 2. The molecule has 0 radical (unpaired) electrons. The number of anilines is 1. The van der Waals surface area contributed by atoms with Crippen molar-refractivity contribution in [2.45, 2.75) is 31.3 Å². The minimum Gasteiger partial charge on any atom is -0.493 e. The lowest BCUT2D eigenvalue weighted by atomic mass is 10.0. The van der Waals surface area contributed by atoms with Crippen molar-refractivity contribution in [1.29, 1.82) is 0 Å². The number of para-hydroxylation sites is 1. The fourth-order valence-electron chi connectivity index (χ4n) is 4.69. The van der Waals surface area contributed by atoms with Gasteiger partial charge in [-0.1, -0.05) is 23.7 Å². The molecule has 2 amide bonds. The van der Waals surface area contributed by atoms with Crippen molar-refractivity contribution in [3.63, 3.8) is 0 Å². The van der Waals surface area contributed by atoms with Crippen molar-refractivity contribution in [3.8, 4) is 22.9 Å². The van der Waals surface area contributed by atoms with Gasteiger partial charge in [0, 0.05) is 18.7 Å². The van der Waals surface area contributed by atoms with Crippen LogP contribution in [0.1, 0.15) is 25.3 Å². The van der Waals surface area contributed by atoms with Crippen LogP contribution in [-0.4, -0.2) is 70.3 Å². The van der Waals surface area contributed by atoms with E-state index in [1.807, 2.05) is 12.1 Å². The number of likely N-dealkylation sites (tertiary alicyclic amines) is 1. The molecular weight excluding hydrogens is 472 g/mol. The van der Waals surface area contributed by atoms with Crippen LogP contribution >= 0.6 is 11.6 Å². The Balaban J connectivity index is 1.25. The highest BCUT2D eigenvalue weighted by Gasteiger charge is 2.44. The van der Waals surface area contributed by atoms with Gasteiger partial charge in [0.15, 0.2) is 11.5 Å². The molecule has 1 unspecified atom stereocenters. The number of amides is 2. The Hall–Kier alpha value is -3.50. The number of aromatic nitrogens is 4. The normalized spacial score (nSPS) is 19.4.